The molecule has 0 N–H and O–H groups in total. The summed E-state index contributed by atoms with van der Waals surface area (Å²) in [5.41, 5.74) is 20.3. The second-order valence-electron chi connectivity index (χ2n) is 19.6. The van der Waals surface area contributed by atoms with E-state index < -0.39 is 0 Å². The number of hydrogen-bond acceptors (Lipinski definition) is 1. The van der Waals surface area contributed by atoms with Gasteiger partial charge in [0, 0.05) is 50.0 Å². The molecule has 2 aromatic heterocycles. The van der Waals surface area contributed by atoms with Crippen LogP contribution in [-0.4, -0.2) is 9.13 Å². The normalized spacial score (nSPS) is 11.5. The zero-order valence-electron chi connectivity index (χ0n) is 41.7. The highest BCUT2D eigenvalue weighted by atomic mass is 19.1. The number of para-hydroxylation sites is 2. The quantitative estimate of drug-likeness (QED) is 0.133. The number of nitrogens with zero attached hydrogens (tertiary/aromatic N) is 3. The maximum atomic E-state index is 14.2. The average Bonchev–Trinajstić information content (AvgIpc) is 4.12. The summed E-state index contributed by atoms with van der Waals surface area (Å²) in [6.07, 6.45) is 0. The fourth-order valence-electron chi connectivity index (χ4n) is 11.3. The third-order valence-corrected chi connectivity index (χ3v) is 15.0. The Kier molecular flexibility index (Phi) is 11.2. The number of anilines is 3. The van der Waals surface area contributed by atoms with Gasteiger partial charge >= 0.3 is 0 Å². The van der Waals surface area contributed by atoms with Crippen molar-refractivity contribution in [3.8, 4) is 67.0 Å². The molecule has 0 atom stereocenters. The molecule has 5 heteroatoms. The summed E-state index contributed by atoms with van der Waals surface area (Å²) >= 11 is 0. The molecule has 0 fully saturated rings. The van der Waals surface area contributed by atoms with Gasteiger partial charge < -0.3 is 14.0 Å². The van der Waals surface area contributed by atoms with E-state index in [1.807, 2.05) is 36.4 Å². The van der Waals surface area contributed by atoms with Crippen molar-refractivity contribution in [3.63, 3.8) is 0 Å². The number of rotatable bonds is 10. The van der Waals surface area contributed by atoms with Crippen LogP contribution in [0.15, 0.2) is 285 Å². The van der Waals surface area contributed by atoms with Gasteiger partial charge in [0.1, 0.15) is 11.6 Å². The maximum absolute atomic E-state index is 14.2. The van der Waals surface area contributed by atoms with Crippen molar-refractivity contribution < 1.29 is 8.78 Å². The molecule has 0 saturated heterocycles. The minimum Gasteiger partial charge on any atom is -0.311 e. The zero-order chi connectivity index (χ0) is 51.4. The Labute approximate surface area is 445 Å². The van der Waals surface area contributed by atoms with Crippen molar-refractivity contribution >= 4 is 60.7 Å². The summed E-state index contributed by atoms with van der Waals surface area (Å²) in [5.74, 6) is -0.528. The monoisotopic (exact) mass is 991 g/mol. The molecule has 0 aliphatic carbocycles. The van der Waals surface area contributed by atoms with E-state index in [0.717, 1.165) is 117 Å². The van der Waals surface area contributed by atoms with Gasteiger partial charge in [0.05, 0.1) is 22.1 Å². The molecule has 0 saturated carbocycles. The molecule has 14 aromatic rings. The SMILES string of the molecule is Fc1ccc(-n2c3ccccc3c3cc(-c4cc(-c5ccc(N(c6ccc(-c7ccccc7)cc6)c6ccc(-c7ccccc7)cc6)cc5)cc(-c5ccc6c(c5)c5ccccc5n6-c5ccc(F)cc5)c4)ccc32)cc1. The molecule has 2 heterocycles. The van der Waals surface area contributed by atoms with Gasteiger partial charge in [0.15, 0.2) is 0 Å². The van der Waals surface area contributed by atoms with Gasteiger partial charge in [0.2, 0.25) is 0 Å². The van der Waals surface area contributed by atoms with Gasteiger partial charge in [-0.3, -0.25) is 0 Å². The lowest BCUT2D eigenvalue weighted by Crippen LogP contribution is -2.09. The summed E-state index contributed by atoms with van der Waals surface area (Å²) in [6, 6.07) is 98.2. The molecule has 0 radical (unpaired) electrons. The first-order chi connectivity index (χ1) is 38.0. The standard InChI is InChI=1S/C72H47F2N3/c73-58-27-37-63(38-28-58)76-69-17-9-7-15-65(69)67-46-53(25-41-71(67)76)56-43-55(44-57(45-56)54-26-42-72-68(47-54)66-16-8-10-18-70(66)77(72)64-39-29-59(74)30-40-64)52-23-35-62(36-24-52)75(60-31-19-50(20-32-60)48-11-3-1-4-12-48)61-33-21-51(22-34-61)49-13-5-2-6-14-49/h1-47H. The Hall–Kier alpha value is -10.1. The number of benzene rings is 12. The predicted molar refractivity (Wildman–Crippen MR) is 317 cm³/mol. The average molecular weight is 992 g/mol. The van der Waals surface area contributed by atoms with Gasteiger partial charge in [0.25, 0.3) is 0 Å². The molecule has 364 valence electrons. The van der Waals surface area contributed by atoms with E-state index in [4.69, 9.17) is 0 Å². The van der Waals surface area contributed by atoms with Crippen LogP contribution in [-0.2, 0) is 0 Å². The fourth-order valence-corrected chi connectivity index (χ4v) is 11.3. The highest BCUT2D eigenvalue weighted by molar-refractivity contribution is 6.12. The van der Waals surface area contributed by atoms with Crippen molar-refractivity contribution in [1.82, 2.24) is 9.13 Å². The molecular formula is C72H47F2N3. The first-order valence-electron chi connectivity index (χ1n) is 25.9. The van der Waals surface area contributed by atoms with Gasteiger partial charge in [-0.15, -0.1) is 0 Å². The van der Waals surface area contributed by atoms with E-state index in [9.17, 15) is 8.78 Å². The summed E-state index contributed by atoms with van der Waals surface area (Å²) in [6.45, 7) is 0. The molecule has 0 aliphatic rings. The van der Waals surface area contributed by atoms with Crippen LogP contribution in [0.2, 0.25) is 0 Å². The number of fused-ring (bicyclic) bond motifs is 6. The Balaban J connectivity index is 0.912. The van der Waals surface area contributed by atoms with E-state index in [2.05, 4.69) is 238 Å². The summed E-state index contributed by atoms with van der Waals surface area (Å²) in [7, 11) is 0. The predicted octanol–water partition coefficient (Wildman–Crippen LogP) is 20.0. The largest absolute Gasteiger partial charge is 0.311 e. The van der Waals surface area contributed by atoms with Gasteiger partial charge in [-0.1, -0.05) is 146 Å². The van der Waals surface area contributed by atoms with Crippen molar-refractivity contribution in [1.29, 1.82) is 0 Å². The second-order valence-corrected chi connectivity index (χ2v) is 19.6. The van der Waals surface area contributed by atoms with E-state index in [1.165, 1.54) is 35.4 Å². The van der Waals surface area contributed by atoms with Crippen LogP contribution in [0.3, 0.4) is 0 Å². The molecular weight excluding hydrogens is 945 g/mol. The van der Waals surface area contributed by atoms with E-state index in [1.54, 1.807) is 0 Å². The smallest absolute Gasteiger partial charge is 0.123 e. The van der Waals surface area contributed by atoms with Crippen LogP contribution in [0.25, 0.3) is 111 Å². The summed E-state index contributed by atoms with van der Waals surface area (Å²) in [5, 5.41) is 4.47. The first-order valence-corrected chi connectivity index (χ1v) is 25.9. The lowest BCUT2D eigenvalue weighted by Gasteiger charge is -2.26. The van der Waals surface area contributed by atoms with Crippen molar-refractivity contribution in [2.24, 2.45) is 0 Å². The van der Waals surface area contributed by atoms with E-state index >= 15 is 0 Å². The van der Waals surface area contributed by atoms with Gasteiger partial charge in [-0.25, -0.2) is 8.78 Å². The fraction of sp³-hybridized carbons (Fsp3) is 0. The van der Waals surface area contributed by atoms with Crippen molar-refractivity contribution in [2.75, 3.05) is 4.90 Å². The molecule has 0 amide bonds. The lowest BCUT2D eigenvalue weighted by molar-refractivity contribution is 0.627. The van der Waals surface area contributed by atoms with Crippen LogP contribution in [0.4, 0.5) is 25.8 Å². The number of hydrogen-bond donors (Lipinski definition) is 0. The second kappa shape index (κ2) is 19.0. The van der Waals surface area contributed by atoms with Crippen LogP contribution < -0.4 is 4.90 Å². The lowest BCUT2D eigenvalue weighted by atomic mass is 9.92. The zero-order valence-corrected chi connectivity index (χ0v) is 41.7. The third-order valence-electron chi connectivity index (χ3n) is 15.0. The summed E-state index contributed by atoms with van der Waals surface area (Å²) in [4.78, 5) is 2.32. The molecule has 0 spiro atoms. The molecule has 0 aliphatic heterocycles. The minimum atomic E-state index is -0.264. The number of halogens is 2. The van der Waals surface area contributed by atoms with E-state index in [0.29, 0.717) is 0 Å². The van der Waals surface area contributed by atoms with Gasteiger partial charge in [-0.05, 0) is 195 Å². The Morgan fingerprint density at radius 2 is 0.519 bits per heavy atom. The first kappa shape index (κ1) is 45.5. The van der Waals surface area contributed by atoms with Crippen LogP contribution >= 0.6 is 0 Å². The minimum absolute atomic E-state index is 0.264. The highest BCUT2D eigenvalue weighted by Gasteiger charge is 2.19. The molecule has 14 rings (SSSR count). The molecule has 0 unspecified atom stereocenters. The Morgan fingerprint density at radius 1 is 0.221 bits per heavy atom. The van der Waals surface area contributed by atoms with Crippen molar-refractivity contribution in [2.45, 2.75) is 0 Å². The Bertz CT molecular complexity index is 4200. The molecule has 12 aromatic carbocycles. The Morgan fingerprint density at radius 3 is 0.909 bits per heavy atom. The van der Waals surface area contributed by atoms with Gasteiger partial charge in [-0.2, -0.15) is 0 Å². The summed E-state index contributed by atoms with van der Waals surface area (Å²) < 4.78 is 32.9. The van der Waals surface area contributed by atoms with E-state index in [-0.39, 0.29) is 11.6 Å². The number of aromatic nitrogens is 2. The van der Waals surface area contributed by atoms with Crippen LogP contribution in [0, 0.1) is 11.6 Å². The highest BCUT2D eigenvalue weighted by Crippen LogP contribution is 2.42. The van der Waals surface area contributed by atoms with Crippen molar-refractivity contribution in [3.05, 3.63) is 297 Å². The van der Waals surface area contributed by atoms with Crippen LogP contribution in [0.5, 0.6) is 0 Å². The maximum Gasteiger partial charge on any atom is 0.123 e. The van der Waals surface area contributed by atoms with Crippen LogP contribution in [0.1, 0.15) is 0 Å². The molecule has 3 nitrogen and oxygen atoms in total. The third kappa shape index (κ3) is 8.31. The molecule has 0 bridgehead atoms. The topological polar surface area (TPSA) is 13.1 Å². The molecule has 77 heavy (non-hydrogen) atoms.